The van der Waals surface area contributed by atoms with E-state index in [9.17, 15) is 17.8 Å². The average molecular weight is 296 g/mol. The highest BCUT2D eigenvalue weighted by Crippen LogP contribution is 1.96. The van der Waals surface area contributed by atoms with Gasteiger partial charge >= 0.3 is 0 Å². The third-order valence-electron chi connectivity index (χ3n) is 1.94. The number of carbonyl (C=O) groups is 1. The summed E-state index contributed by atoms with van der Waals surface area (Å²) in [4.78, 5) is 10.7. The summed E-state index contributed by atoms with van der Waals surface area (Å²) in [6, 6.07) is 0. The van der Waals surface area contributed by atoms with Crippen molar-refractivity contribution in [1.29, 1.82) is 0 Å². The number of unbranched alkanes of at least 4 members (excludes halogenated alkanes) is 1. The maximum atomic E-state index is 10.7. The molecule has 114 valence electrons. The quantitative estimate of drug-likeness (QED) is 0.232. The Labute approximate surface area is 115 Å². The Morgan fingerprint density at radius 3 is 2.16 bits per heavy atom. The van der Waals surface area contributed by atoms with E-state index < -0.39 is 10.4 Å². The van der Waals surface area contributed by atoms with E-state index in [1.807, 2.05) is 0 Å². The SMILES string of the molecule is C=CC(=O)NCCCC[N+](C)(C)C.COS(=O)(=O)[O-]. The monoisotopic (exact) mass is 296 g/mol. The van der Waals surface area contributed by atoms with Crippen LogP contribution >= 0.6 is 0 Å². The zero-order valence-electron chi connectivity index (χ0n) is 12.0. The molecule has 0 unspecified atom stereocenters. The van der Waals surface area contributed by atoms with Gasteiger partial charge < -0.3 is 14.4 Å². The lowest BCUT2D eigenvalue weighted by Gasteiger charge is -2.23. The summed E-state index contributed by atoms with van der Waals surface area (Å²) in [5.74, 6) is -0.0785. The molecule has 0 heterocycles. The van der Waals surface area contributed by atoms with E-state index >= 15 is 0 Å². The second-order valence-corrected chi connectivity index (χ2v) is 5.94. The Morgan fingerprint density at radius 2 is 1.84 bits per heavy atom. The van der Waals surface area contributed by atoms with Gasteiger partial charge in [0.25, 0.3) is 0 Å². The lowest BCUT2D eigenvalue weighted by Crippen LogP contribution is -2.35. The fourth-order valence-electron chi connectivity index (χ4n) is 0.995. The molecule has 1 amide bonds. The average Bonchev–Trinajstić information content (AvgIpc) is 2.26. The van der Waals surface area contributed by atoms with Gasteiger partial charge in [-0.25, -0.2) is 8.42 Å². The first kappa shape index (κ1) is 20.4. The van der Waals surface area contributed by atoms with E-state index in [1.165, 1.54) is 6.08 Å². The van der Waals surface area contributed by atoms with Crippen LogP contribution in [0.3, 0.4) is 0 Å². The largest absolute Gasteiger partial charge is 0.726 e. The summed E-state index contributed by atoms with van der Waals surface area (Å²) < 4.78 is 32.0. The molecule has 0 bridgehead atoms. The summed E-state index contributed by atoms with van der Waals surface area (Å²) in [7, 11) is 2.90. The highest BCUT2D eigenvalue weighted by Gasteiger charge is 2.05. The summed E-state index contributed by atoms with van der Waals surface area (Å²) >= 11 is 0. The van der Waals surface area contributed by atoms with Crippen LogP contribution in [0.25, 0.3) is 0 Å². The number of rotatable bonds is 7. The number of quaternary nitrogens is 1. The van der Waals surface area contributed by atoms with Gasteiger partial charge in [0, 0.05) is 6.54 Å². The number of nitrogens with zero attached hydrogens (tertiary/aromatic N) is 1. The molecule has 0 aromatic heterocycles. The Balaban J connectivity index is 0. The Bertz CT molecular complexity index is 360. The minimum absolute atomic E-state index is 0.0785. The van der Waals surface area contributed by atoms with Gasteiger partial charge in [-0.2, -0.15) is 0 Å². The molecule has 0 saturated heterocycles. The molecule has 0 aromatic rings. The van der Waals surface area contributed by atoms with Gasteiger partial charge in [0.2, 0.25) is 16.3 Å². The van der Waals surface area contributed by atoms with E-state index in [2.05, 4.69) is 37.2 Å². The molecular formula is C11H24N2O5S. The Kier molecular flexibility index (Phi) is 10.6. The van der Waals surface area contributed by atoms with E-state index in [4.69, 9.17) is 0 Å². The van der Waals surface area contributed by atoms with Crippen molar-refractivity contribution in [2.45, 2.75) is 12.8 Å². The van der Waals surface area contributed by atoms with E-state index in [1.54, 1.807) is 0 Å². The highest BCUT2D eigenvalue weighted by molar-refractivity contribution is 7.80. The maximum absolute atomic E-state index is 10.7. The first-order chi connectivity index (χ1) is 8.52. The van der Waals surface area contributed by atoms with Crippen molar-refractivity contribution in [2.24, 2.45) is 0 Å². The normalized spacial score (nSPS) is 11.2. The van der Waals surface area contributed by atoms with Crippen LogP contribution < -0.4 is 5.32 Å². The minimum atomic E-state index is -4.41. The maximum Gasteiger partial charge on any atom is 0.243 e. The molecule has 0 saturated carbocycles. The van der Waals surface area contributed by atoms with Crippen LogP contribution in [0.2, 0.25) is 0 Å². The fourth-order valence-corrected chi connectivity index (χ4v) is 0.995. The van der Waals surface area contributed by atoms with Gasteiger partial charge in [0.1, 0.15) is 0 Å². The summed E-state index contributed by atoms with van der Waals surface area (Å²) in [6.07, 6.45) is 3.48. The van der Waals surface area contributed by atoms with Crippen molar-refractivity contribution in [3.8, 4) is 0 Å². The molecule has 0 radical (unpaired) electrons. The molecule has 0 aromatic carbocycles. The molecule has 0 rings (SSSR count). The molecule has 0 atom stereocenters. The molecule has 8 heteroatoms. The molecule has 7 nitrogen and oxygen atoms in total. The standard InChI is InChI=1S/C10H20N2O.CH4O4S/c1-5-10(13)11-8-6-7-9-12(2,3)4;1-5-6(2,3)4/h5H,1,6-9H2,2-4H3;1H3,(H,2,3,4). The smallest absolute Gasteiger partial charge is 0.243 e. The van der Waals surface area contributed by atoms with Crippen LogP contribution in [0, 0.1) is 0 Å². The fraction of sp³-hybridized carbons (Fsp3) is 0.727. The van der Waals surface area contributed by atoms with E-state index in [-0.39, 0.29) is 5.91 Å². The topological polar surface area (TPSA) is 95.5 Å². The number of hydrogen-bond acceptors (Lipinski definition) is 5. The second kappa shape index (κ2) is 9.90. The Hall–Kier alpha value is -0.960. The van der Waals surface area contributed by atoms with Crippen molar-refractivity contribution >= 4 is 16.3 Å². The van der Waals surface area contributed by atoms with Crippen LogP contribution in [0.5, 0.6) is 0 Å². The lowest BCUT2D eigenvalue weighted by molar-refractivity contribution is -0.870. The van der Waals surface area contributed by atoms with Crippen LogP contribution in [-0.4, -0.2) is 64.7 Å². The summed E-state index contributed by atoms with van der Waals surface area (Å²) in [6.45, 7) is 5.28. The van der Waals surface area contributed by atoms with Gasteiger partial charge in [0.15, 0.2) is 0 Å². The van der Waals surface area contributed by atoms with E-state index in [0.717, 1.165) is 37.5 Å². The van der Waals surface area contributed by atoms with Gasteiger partial charge in [-0.1, -0.05) is 6.58 Å². The zero-order valence-corrected chi connectivity index (χ0v) is 12.8. The predicted octanol–water partition coefficient (Wildman–Crippen LogP) is -0.132. The number of amides is 1. The Morgan fingerprint density at radius 1 is 1.37 bits per heavy atom. The van der Waals surface area contributed by atoms with Crippen LogP contribution in [-0.2, 0) is 19.4 Å². The molecule has 0 aliphatic rings. The highest BCUT2D eigenvalue weighted by atomic mass is 32.3. The van der Waals surface area contributed by atoms with Gasteiger partial charge in [-0.05, 0) is 18.9 Å². The molecule has 0 aliphatic carbocycles. The number of hydrogen-bond donors (Lipinski definition) is 1. The molecule has 0 spiro atoms. The third-order valence-corrected chi connectivity index (χ3v) is 2.35. The molecule has 0 aliphatic heterocycles. The van der Waals surface area contributed by atoms with Crippen molar-refractivity contribution in [1.82, 2.24) is 5.32 Å². The van der Waals surface area contributed by atoms with E-state index in [0.29, 0.717) is 0 Å². The lowest BCUT2D eigenvalue weighted by atomic mass is 10.3. The van der Waals surface area contributed by atoms with Gasteiger partial charge in [-0.3, -0.25) is 8.98 Å². The third kappa shape index (κ3) is 22.7. The van der Waals surface area contributed by atoms with Crippen molar-refractivity contribution in [3.63, 3.8) is 0 Å². The van der Waals surface area contributed by atoms with Crippen molar-refractivity contribution in [3.05, 3.63) is 12.7 Å². The minimum Gasteiger partial charge on any atom is -0.726 e. The first-order valence-electron chi connectivity index (χ1n) is 5.74. The predicted molar refractivity (Wildman–Crippen MR) is 72.0 cm³/mol. The molecule has 0 fully saturated rings. The van der Waals surface area contributed by atoms with Gasteiger partial charge in [0.05, 0.1) is 34.8 Å². The first-order valence-corrected chi connectivity index (χ1v) is 7.07. The summed E-state index contributed by atoms with van der Waals surface area (Å²) in [5.41, 5.74) is 0. The zero-order chi connectivity index (χ0) is 15.5. The molecule has 19 heavy (non-hydrogen) atoms. The number of nitrogens with one attached hydrogen (secondary N) is 1. The molecule has 1 N–H and O–H groups in total. The van der Waals surface area contributed by atoms with Crippen LogP contribution in [0.1, 0.15) is 12.8 Å². The van der Waals surface area contributed by atoms with Gasteiger partial charge in [-0.15, -0.1) is 0 Å². The molecular weight excluding hydrogens is 272 g/mol. The number of carbonyl (C=O) groups excluding carboxylic acids is 1. The second-order valence-electron chi connectivity index (χ2n) is 4.79. The van der Waals surface area contributed by atoms with Crippen LogP contribution in [0.4, 0.5) is 0 Å². The van der Waals surface area contributed by atoms with Crippen molar-refractivity contribution < 1.29 is 26.4 Å². The van der Waals surface area contributed by atoms with Crippen LogP contribution in [0.15, 0.2) is 12.7 Å². The van der Waals surface area contributed by atoms with Crippen molar-refractivity contribution in [2.75, 3.05) is 41.3 Å². The summed E-state index contributed by atoms with van der Waals surface area (Å²) in [5, 5.41) is 2.75.